The number of piperazine rings is 1. The number of non-ortho nitro benzene ring substituents is 1. The van der Waals surface area contributed by atoms with Crippen molar-refractivity contribution >= 4 is 29.6 Å². The number of rotatable bonds is 7. The van der Waals surface area contributed by atoms with E-state index in [4.69, 9.17) is 0 Å². The number of Topliss-reactive ketones (excluding diaryl/α,β-unsaturated/α-hetero) is 1. The molecule has 0 bridgehead atoms. The molecular formula is C21H24ClN7O3. The first kappa shape index (κ1) is 23.3. The van der Waals surface area contributed by atoms with E-state index in [1.807, 2.05) is 13.0 Å². The highest BCUT2D eigenvalue weighted by Gasteiger charge is 2.21. The molecule has 4 rings (SSSR count). The molecule has 1 aromatic carbocycles. The molecular weight excluding hydrogens is 434 g/mol. The Bertz CT molecular complexity index is 1080. The number of halogens is 1. The van der Waals surface area contributed by atoms with E-state index < -0.39 is 0 Å². The van der Waals surface area contributed by atoms with Crippen LogP contribution in [0.1, 0.15) is 22.5 Å². The van der Waals surface area contributed by atoms with Gasteiger partial charge in [0.05, 0.1) is 22.4 Å². The van der Waals surface area contributed by atoms with Gasteiger partial charge in [-0.1, -0.05) is 6.07 Å². The second-order valence-electron chi connectivity index (χ2n) is 7.38. The van der Waals surface area contributed by atoms with Gasteiger partial charge < -0.3 is 4.90 Å². The Kier molecular flexibility index (Phi) is 7.49. The summed E-state index contributed by atoms with van der Waals surface area (Å²) in [5.41, 5.74) is 2.27. The van der Waals surface area contributed by atoms with Gasteiger partial charge in [0, 0.05) is 69.4 Å². The third-order valence-electron chi connectivity index (χ3n) is 5.48. The molecule has 1 aliphatic rings. The first-order valence-electron chi connectivity index (χ1n) is 10.1. The van der Waals surface area contributed by atoms with Crippen LogP contribution < -0.4 is 4.90 Å². The number of carbonyl (C=O) groups excluding carboxylic acids is 1. The summed E-state index contributed by atoms with van der Waals surface area (Å²) in [6.45, 7) is 5.62. The molecule has 10 nitrogen and oxygen atoms in total. The Labute approximate surface area is 191 Å². The first-order valence-corrected chi connectivity index (χ1v) is 10.1. The van der Waals surface area contributed by atoms with E-state index in [1.165, 1.54) is 6.07 Å². The average molecular weight is 458 g/mol. The standard InChI is InChI=1S/C21H23N7O3.ClH/c1-16-19(15-24-27(16)21-22-7-3-8-23-21)20(29)6-9-25-10-12-26(13-11-25)17-4-2-5-18(14-17)28(30)31;/h2-5,7-8,14-15H,6,9-13H2,1H3;1H. The number of carbonyl (C=O) groups is 1. The lowest BCUT2D eigenvalue weighted by molar-refractivity contribution is -0.384. The van der Waals surface area contributed by atoms with Crippen LogP contribution >= 0.6 is 12.4 Å². The van der Waals surface area contributed by atoms with Gasteiger partial charge in [-0.3, -0.25) is 19.8 Å². The summed E-state index contributed by atoms with van der Waals surface area (Å²) in [7, 11) is 0. The zero-order valence-electron chi connectivity index (χ0n) is 17.6. The maximum absolute atomic E-state index is 12.7. The van der Waals surface area contributed by atoms with Gasteiger partial charge >= 0.3 is 0 Å². The lowest BCUT2D eigenvalue weighted by Gasteiger charge is -2.35. The maximum atomic E-state index is 12.7. The van der Waals surface area contributed by atoms with Crippen molar-refractivity contribution in [3.8, 4) is 5.95 Å². The van der Waals surface area contributed by atoms with Gasteiger partial charge in [0.25, 0.3) is 11.6 Å². The highest BCUT2D eigenvalue weighted by molar-refractivity contribution is 5.97. The predicted octanol–water partition coefficient (Wildman–Crippen LogP) is 2.70. The highest BCUT2D eigenvalue weighted by Crippen LogP contribution is 2.22. The zero-order valence-corrected chi connectivity index (χ0v) is 18.4. The number of nitrogens with zero attached hydrogens (tertiary/aromatic N) is 7. The van der Waals surface area contributed by atoms with Gasteiger partial charge in [-0.2, -0.15) is 5.10 Å². The van der Waals surface area contributed by atoms with Crippen molar-refractivity contribution in [3.05, 3.63) is 70.3 Å². The quantitative estimate of drug-likeness (QED) is 0.302. The number of hydrogen-bond acceptors (Lipinski definition) is 8. The fraction of sp³-hybridized carbons (Fsp3) is 0.333. The molecule has 32 heavy (non-hydrogen) atoms. The number of nitro benzene ring substituents is 1. The average Bonchev–Trinajstić information content (AvgIpc) is 3.20. The van der Waals surface area contributed by atoms with Crippen molar-refractivity contribution in [1.82, 2.24) is 24.6 Å². The number of benzene rings is 1. The van der Waals surface area contributed by atoms with Crippen molar-refractivity contribution < 1.29 is 9.72 Å². The lowest BCUT2D eigenvalue weighted by Crippen LogP contribution is -2.46. The van der Waals surface area contributed by atoms with E-state index in [9.17, 15) is 14.9 Å². The fourth-order valence-electron chi connectivity index (χ4n) is 3.71. The van der Waals surface area contributed by atoms with Gasteiger partial charge in [-0.05, 0) is 19.1 Å². The fourth-order valence-corrected chi connectivity index (χ4v) is 3.71. The second kappa shape index (κ2) is 10.3. The third-order valence-corrected chi connectivity index (χ3v) is 5.48. The van der Waals surface area contributed by atoms with Crippen LogP contribution in [0.2, 0.25) is 0 Å². The molecule has 0 aliphatic carbocycles. The minimum absolute atomic E-state index is 0. The molecule has 0 saturated carbocycles. The molecule has 0 radical (unpaired) electrons. The normalized spacial score (nSPS) is 14.1. The van der Waals surface area contributed by atoms with Crippen LogP contribution in [0.4, 0.5) is 11.4 Å². The summed E-state index contributed by atoms with van der Waals surface area (Å²) in [6, 6.07) is 8.44. The van der Waals surface area contributed by atoms with Gasteiger partial charge in [0.1, 0.15) is 0 Å². The van der Waals surface area contributed by atoms with Crippen LogP contribution in [0, 0.1) is 17.0 Å². The molecule has 3 heterocycles. The minimum atomic E-state index is -0.376. The number of anilines is 1. The number of aromatic nitrogens is 4. The van der Waals surface area contributed by atoms with Gasteiger partial charge in [0.2, 0.25) is 0 Å². The Morgan fingerprint density at radius 1 is 1.12 bits per heavy atom. The van der Waals surface area contributed by atoms with Crippen molar-refractivity contribution in [3.63, 3.8) is 0 Å². The van der Waals surface area contributed by atoms with Gasteiger partial charge in [-0.15, -0.1) is 12.4 Å². The molecule has 0 spiro atoms. The molecule has 168 valence electrons. The Morgan fingerprint density at radius 3 is 2.53 bits per heavy atom. The predicted molar refractivity (Wildman–Crippen MR) is 122 cm³/mol. The van der Waals surface area contributed by atoms with Crippen molar-refractivity contribution in [2.45, 2.75) is 13.3 Å². The van der Waals surface area contributed by atoms with E-state index in [2.05, 4.69) is 24.9 Å². The zero-order chi connectivity index (χ0) is 21.8. The van der Waals surface area contributed by atoms with Crippen LogP contribution in [0.15, 0.2) is 48.9 Å². The highest BCUT2D eigenvalue weighted by atomic mass is 35.5. The smallest absolute Gasteiger partial charge is 0.271 e. The molecule has 2 aromatic heterocycles. The third kappa shape index (κ3) is 5.09. The van der Waals surface area contributed by atoms with Gasteiger partial charge in [-0.25, -0.2) is 14.6 Å². The van der Waals surface area contributed by atoms with E-state index in [0.29, 0.717) is 24.5 Å². The SMILES string of the molecule is Cc1c(C(=O)CCN2CCN(c3cccc([N+](=O)[O-])c3)CC2)cnn1-c1ncccn1.Cl. The van der Waals surface area contributed by atoms with Crippen LogP contribution in [0.5, 0.6) is 0 Å². The van der Waals surface area contributed by atoms with E-state index >= 15 is 0 Å². The summed E-state index contributed by atoms with van der Waals surface area (Å²) in [5.74, 6) is 0.483. The molecule has 1 fully saturated rings. The van der Waals surface area contributed by atoms with Crippen molar-refractivity contribution in [2.75, 3.05) is 37.6 Å². The number of hydrogen-bond donors (Lipinski definition) is 0. The number of nitro groups is 1. The molecule has 11 heteroatoms. The Hall–Kier alpha value is -3.37. The summed E-state index contributed by atoms with van der Waals surface area (Å²) < 4.78 is 1.57. The van der Waals surface area contributed by atoms with Crippen molar-refractivity contribution in [2.24, 2.45) is 0 Å². The topological polar surface area (TPSA) is 110 Å². The summed E-state index contributed by atoms with van der Waals surface area (Å²) in [5, 5.41) is 15.3. The molecule has 1 aliphatic heterocycles. The molecule has 0 amide bonds. The summed E-state index contributed by atoms with van der Waals surface area (Å²) in [6.07, 6.45) is 5.25. The van der Waals surface area contributed by atoms with Crippen LogP contribution in [0.25, 0.3) is 5.95 Å². The molecule has 0 atom stereocenters. The lowest BCUT2D eigenvalue weighted by atomic mass is 10.1. The van der Waals surface area contributed by atoms with E-state index in [-0.39, 0.29) is 28.8 Å². The molecule has 0 unspecified atom stereocenters. The molecule has 3 aromatic rings. The van der Waals surface area contributed by atoms with E-state index in [1.54, 1.807) is 41.5 Å². The van der Waals surface area contributed by atoms with Crippen molar-refractivity contribution in [1.29, 1.82) is 0 Å². The first-order chi connectivity index (χ1) is 15.0. The maximum Gasteiger partial charge on any atom is 0.271 e. The second-order valence-corrected chi connectivity index (χ2v) is 7.38. The summed E-state index contributed by atoms with van der Waals surface area (Å²) in [4.78, 5) is 36.1. The van der Waals surface area contributed by atoms with E-state index in [0.717, 1.165) is 37.6 Å². The van der Waals surface area contributed by atoms with Crippen LogP contribution in [-0.4, -0.2) is 68.1 Å². The molecule has 1 saturated heterocycles. The van der Waals surface area contributed by atoms with Crippen LogP contribution in [-0.2, 0) is 0 Å². The monoisotopic (exact) mass is 457 g/mol. The molecule has 0 N–H and O–H groups in total. The number of ketones is 1. The largest absolute Gasteiger partial charge is 0.369 e. The van der Waals surface area contributed by atoms with Crippen LogP contribution in [0.3, 0.4) is 0 Å². The Morgan fingerprint density at radius 2 is 1.84 bits per heavy atom. The summed E-state index contributed by atoms with van der Waals surface area (Å²) >= 11 is 0. The Balaban J connectivity index is 0.00000289. The minimum Gasteiger partial charge on any atom is -0.369 e. The van der Waals surface area contributed by atoms with Gasteiger partial charge in [0.15, 0.2) is 5.78 Å².